The van der Waals surface area contributed by atoms with Crippen molar-refractivity contribution in [2.45, 2.75) is 0 Å². The first-order valence-electron chi connectivity index (χ1n) is 9.99. The van der Waals surface area contributed by atoms with Crippen LogP contribution in [0, 0.1) is 0 Å². The van der Waals surface area contributed by atoms with Crippen molar-refractivity contribution in [1.82, 2.24) is 4.98 Å². The fourth-order valence-corrected chi connectivity index (χ4v) is 3.51. The molecule has 0 unspecified atom stereocenters. The third-order valence-corrected chi connectivity index (χ3v) is 5.48. The zero-order valence-corrected chi connectivity index (χ0v) is 18.3. The van der Waals surface area contributed by atoms with Crippen LogP contribution in [0.25, 0.3) is 11.1 Å². The zero-order valence-electron chi connectivity index (χ0n) is 17.6. The molecule has 0 saturated carbocycles. The Bertz CT molecular complexity index is 1320. The van der Waals surface area contributed by atoms with E-state index in [1.54, 1.807) is 48.7 Å². The molecule has 0 spiro atoms. The molecule has 0 aliphatic heterocycles. The molecule has 4 rings (SSSR count). The van der Waals surface area contributed by atoms with Crippen molar-refractivity contribution in [3.05, 3.63) is 107 Å². The van der Waals surface area contributed by atoms with Crippen molar-refractivity contribution < 1.29 is 19.8 Å². The number of benzene rings is 3. The van der Waals surface area contributed by atoms with Gasteiger partial charge in [0.1, 0.15) is 11.4 Å². The summed E-state index contributed by atoms with van der Waals surface area (Å²) in [5.41, 5.74) is 3.32. The van der Waals surface area contributed by atoms with Crippen molar-refractivity contribution in [3.63, 3.8) is 0 Å². The van der Waals surface area contributed by atoms with E-state index in [2.05, 4.69) is 4.98 Å². The molecule has 164 valence electrons. The minimum absolute atomic E-state index is 0.0111. The number of hydrogen-bond donors (Lipinski definition) is 2. The fourth-order valence-electron chi connectivity index (χ4n) is 3.38. The summed E-state index contributed by atoms with van der Waals surface area (Å²) in [6.07, 6.45) is 1.59. The van der Waals surface area contributed by atoms with E-state index >= 15 is 0 Å². The number of ketones is 1. The highest BCUT2D eigenvalue weighted by Crippen LogP contribution is 2.27. The van der Waals surface area contributed by atoms with Crippen molar-refractivity contribution >= 4 is 34.7 Å². The largest absolute Gasteiger partial charge is 0.508 e. The summed E-state index contributed by atoms with van der Waals surface area (Å²) in [6, 6.07) is 21.5. The maximum absolute atomic E-state index is 13.1. The van der Waals surface area contributed by atoms with Crippen LogP contribution in [0.3, 0.4) is 0 Å². The lowest BCUT2D eigenvalue weighted by Gasteiger charge is -2.19. The summed E-state index contributed by atoms with van der Waals surface area (Å²) >= 11 is 5.95. The average molecular weight is 459 g/mol. The van der Waals surface area contributed by atoms with E-state index in [9.17, 15) is 19.8 Å². The Labute approximate surface area is 195 Å². The second kappa shape index (κ2) is 9.14. The number of pyridine rings is 1. The van der Waals surface area contributed by atoms with E-state index < -0.39 is 5.97 Å². The molecule has 0 amide bonds. The van der Waals surface area contributed by atoms with Gasteiger partial charge in [0.2, 0.25) is 5.78 Å². The van der Waals surface area contributed by atoms with E-state index in [4.69, 9.17) is 11.6 Å². The predicted molar refractivity (Wildman–Crippen MR) is 128 cm³/mol. The molecule has 0 fully saturated rings. The highest BCUT2D eigenvalue weighted by Gasteiger charge is 2.16. The molecule has 4 aromatic rings. The second-order valence-corrected chi connectivity index (χ2v) is 7.85. The summed E-state index contributed by atoms with van der Waals surface area (Å²) in [5.74, 6) is -1.44. The quantitative estimate of drug-likeness (QED) is 0.354. The summed E-state index contributed by atoms with van der Waals surface area (Å²) in [5, 5.41) is 19.7. The molecule has 7 heteroatoms. The number of anilines is 2. The predicted octanol–water partition coefficient (Wildman–Crippen LogP) is 5.80. The fraction of sp³-hybridized carbons (Fsp3) is 0.0385. The van der Waals surface area contributed by atoms with Gasteiger partial charge in [0.05, 0.1) is 17.4 Å². The summed E-state index contributed by atoms with van der Waals surface area (Å²) in [4.78, 5) is 31.0. The van der Waals surface area contributed by atoms with Crippen LogP contribution in [0.5, 0.6) is 5.75 Å². The number of nitrogens with zero attached hydrogens (tertiary/aromatic N) is 2. The van der Waals surface area contributed by atoms with Crippen LogP contribution in [0.4, 0.5) is 11.4 Å². The van der Waals surface area contributed by atoms with Crippen LogP contribution < -0.4 is 4.90 Å². The molecule has 3 aromatic carbocycles. The number of carbonyl (C=O) groups excluding carboxylic acids is 1. The third kappa shape index (κ3) is 4.86. The molecule has 0 radical (unpaired) electrons. The topological polar surface area (TPSA) is 90.7 Å². The summed E-state index contributed by atoms with van der Waals surface area (Å²) in [6.45, 7) is 0. The molecule has 1 aromatic heterocycles. The lowest BCUT2D eigenvalue weighted by molar-refractivity contribution is 0.0697. The Morgan fingerprint density at radius 2 is 1.45 bits per heavy atom. The normalized spacial score (nSPS) is 10.6. The van der Waals surface area contributed by atoms with Gasteiger partial charge < -0.3 is 15.1 Å². The number of carboxylic acid groups (broad SMARTS) is 1. The zero-order chi connectivity index (χ0) is 23.5. The van der Waals surface area contributed by atoms with Gasteiger partial charge in [0, 0.05) is 23.3 Å². The van der Waals surface area contributed by atoms with Crippen molar-refractivity contribution in [2.24, 2.45) is 0 Å². The molecule has 0 bridgehead atoms. The maximum atomic E-state index is 13.1. The minimum atomic E-state index is -1.14. The number of carbonyl (C=O) groups is 2. The molecule has 1 heterocycles. The monoisotopic (exact) mass is 458 g/mol. The number of phenolic OH excluding ortho intramolecular Hbond substituents is 1. The number of aromatic nitrogens is 1. The van der Waals surface area contributed by atoms with E-state index in [0.29, 0.717) is 16.1 Å². The van der Waals surface area contributed by atoms with Crippen LogP contribution in [0.1, 0.15) is 26.4 Å². The molecular formula is C26H19ClN2O4. The molecule has 0 atom stereocenters. The van der Waals surface area contributed by atoms with Gasteiger partial charge in [-0.15, -0.1) is 0 Å². The third-order valence-electron chi connectivity index (χ3n) is 5.22. The number of carboxylic acids is 1. The second-order valence-electron chi connectivity index (χ2n) is 7.42. The lowest BCUT2D eigenvalue weighted by atomic mass is 9.97. The summed E-state index contributed by atoms with van der Waals surface area (Å²) in [7, 11) is 1.88. The average Bonchev–Trinajstić information content (AvgIpc) is 2.84. The maximum Gasteiger partial charge on any atom is 0.335 e. The standard InChI is InChI=1S/C26H19ClN2O4/c1-29(21-6-4-20(27)5-7-21)22-8-11-24(28-15-22)25(31)18-12-17(13-19(14-18)26(32)33)16-2-9-23(30)10-3-16/h2-15,30H,1H3,(H,32,33). The molecule has 33 heavy (non-hydrogen) atoms. The van der Waals surface area contributed by atoms with E-state index in [0.717, 1.165) is 11.4 Å². The van der Waals surface area contributed by atoms with Gasteiger partial charge in [-0.25, -0.2) is 4.79 Å². The van der Waals surface area contributed by atoms with Crippen LogP contribution in [-0.4, -0.2) is 34.0 Å². The van der Waals surface area contributed by atoms with Crippen molar-refractivity contribution in [1.29, 1.82) is 0 Å². The van der Waals surface area contributed by atoms with Gasteiger partial charge in [-0.05, 0) is 77.9 Å². The van der Waals surface area contributed by atoms with E-state index in [1.807, 2.05) is 24.1 Å². The first-order valence-corrected chi connectivity index (χ1v) is 10.4. The highest BCUT2D eigenvalue weighted by molar-refractivity contribution is 6.30. The van der Waals surface area contributed by atoms with Crippen LogP contribution >= 0.6 is 11.6 Å². The molecule has 6 nitrogen and oxygen atoms in total. The van der Waals surface area contributed by atoms with Gasteiger partial charge in [0.15, 0.2) is 0 Å². The van der Waals surface area contributed by atoms with Crippen molar-refractivity contribution in [2.75, 3.05) is 11.9 Å². The van der Waals surface area contributed by atoms with E-state index in [-0.39, 0.29) is 28.4 Å². The first kappa shape index (κ1) is 22.0. The molecule has 0 aliphatic rings. The van der Waals surface area contributed by atoms with Crippen LogP contribution in [0.2, 0.25) is 5.02 Å². The Hall–Kier alpha value is -4.16. The Kier molecular flexibility index (Phi) is 6.11. The van der Waals surface area contributed by atoms with Crippen LogP contribution in [0.15, 0.2) is 85.1 Å². The molecule has 0 aliphatic carbocycles. The first-order chi connectivity index (χ1) is 15.8. The molecule has 0 saturated heterocycles. The Morgan fingerprint density at radius 3 is 2.06 bits per heavy atom. The minimum Gasteiger partial charge on any atom is -0.508 e. The summed E-state index contributed by atoms with van der Waals surface area (Å²) < 4.78 is 0. The van der Waals surface area contributed by atoms with Gasteiger partial charge in [-0.3, -0.25) is 9.78 Å². The Balaban J connectivity index is 1.65. The molecular weight excluding hydrogens is 440 g/mol. The van der Waals surface area contributed by atoms with Gasteiger partial charge >= 0.3 is 5.97 Å². The number of phenols is 1. The SMILES string of the molecule is CN(c1ccc(Cl)cc1)c1ccc(C(=O)c2cc(C(=O)O)cc(-c3ccc(O)cc3)c2)nc1. The molecule has 2 N–H and O–H groups in total. The highest BCUT2D eigenvalue weighted by atomic mass is 35.5. The number of aromatic carboxylic acids is 1. The van der Waals surface area contributed by atoms with Gasteiger partial charge in [-0.2, -0.15) is 0 Å². The number of rotatable bonds is 6. The number of hydrogen-bond acceptors (Lipinski definition) is 5. The van der Waals surface area contributed by atoms with Crippen molar-refractivity contribution in [3.8, 4) is 16.9 Å². The van der Waals surface area contributed by atoms with Gasteiger partial charge in [-0.1, -0.05) is 23.7 Å². The lowest BCUT2D eigenvalue weighted by Crippen LogP contribution is -2.11. The van der Waals surface area contributed by atoms with E-state index in [1.165, 1.54) is 24.3 Å². The number of aromatic hydroxyl groups is 1. The Morgan fingerprint density at radius 1 is 0.818 bits per heavy atom. The van der Waals surface area contributed by atoms with Crippen LogP contribution in [-0.2, 0) is 0 Å². The smallest absolute Gasteiger partial charge is 0.335 e. The number of halogens is 1. The van der Waals surface area contributed by atoms with Gasteiger partial charge in [0.25, 0.3) is 0 Å².